The van der Waals surface area contributed by atoms with Crippen LogP contribution >= 0.6 is 11.6 Å². The minimum atomic E-state index is -0.0545. The number of ether oxygens (including phenoxy) is 1. The number of aromatic nitrogens is 2. The van der Waals surface area contributed by atoms with Crippen LogP contribution in [0.5, 0.6) is 5.75 Å². The second-order valence-corrected chi connectivity index (χ2v) is 7.27. The number of hydrogen-bond donors (Lipinski definition) is 0. The molecule has 0 spiro atoms. The molecule has 0 aliphatic rings. The van der Waals surface area contributed by atoms with Gasteiger partial charge in [-0.3, -0.25) is 9.78 Å². The molecule has 3 aromatic rings. The second-order valence-electron chi connectivity index (χ2n) is 6.87. The Hall–Kier alpha value is -2.07. The molecule has 2 heterocycles. The molecule has 0 radical (unpaired) electrons. The van der Waals surface area contributed by atoms with Crippen LogP contribution in [0.15, 0.2) is 29.2 Å². The number of fused-ring (bicyclic) bond motifs is 3. The van der Waals surface area contributed by atoms with Crippen molar-refractivity contribution in [1.82, 2.24) is 9.55 Å². The zero-order valence-electron chi connectivity index (χ0n) is 15.1. The van der Waals surface area contributed by atoms with Gasteiger partial charge >= 0.3 is 0 Å². The lowest BCUT2D eigenvalue weighted by Crippen LogP contribution is -2.18. The SMILES string of the molecule is Cc1nccc2c1c(=O)n(C)c1cc(OCCCC(C)C)c(Cl)cc21. The van der Waals surface area contributed by atoms with Gasteiger partial charge in [0.15, 0.2) is 0 Å². The molecule has 5 heteroatoms. The molecule has 0 fully saturated rings. The van der Waals surface area contributed by atoms with Gasteiger partial charge in [-0.2, -0.15) is 0 Å². The van der Waals surface area contributed by atoms with Crippen LogP contribution in [-0.4, -0.2) is 16.2 Å². The predicted molar refractivity (Wildman–Crippen MR) is 104 cm³/mol. The van der Waals surface area contributed by atoms with Crippen LogP contribution < -0.4 is 10.3 Å². The monoisotopic (exact) mass is 358 g/mol. The van der Waals surface area contributed by atoms with Crippen molar-refractivity contribution >= 4 is 33.3 Å². The van der Waals surface area contributed by atoms with E-state index in [2.05, 4.69) is 18.8 Å². The van der Waals surface area contributed by atoms with Crippen molar-refractivity contribution in [2.24, 2.45) is 13.0 Å². The van der Waals surface area contributed by atoms with Crippen LogP contribution in [0.3, 0.4) is 0 Å². The maximum absolute atomic E-state index is 12.7. The molecule has 4 nitrogen and oxygen atoms in total. The Morgan fingerprint density at radius 1 is 1.28 bits per heavy atom. The number of pyridine rings is 2. The third kappa shape index (κ3) is 3.36. The van der Waals surface area contributed by atoms with E-state index in [0.717, 1.165) is 34.8 Å². The fourth-order valence-corrected chi connectivity index (χ4v) is 3.38. The summed E-state index contributed by atoms with van der Waals surface area (Å²) in [4.78, 5) is 17.0. The molecule has 0 saturated heterocycles. The first-order valence-electron chi connectivity index (χ1n) is 8.60. The van der Waals surface area contributed by atoms with Gasteiger partial charge < -0.3 is 9.30 Å². The smallest absolute Gasteiger partial charge is 0.260 e. The maximum atomic E-state index is 12.7. The van der Waals surface area contributed by atoms with Crippen LogP contribution in [0.4, 0.5) is 0 Å². The summed E-state index contributed by atoms with van der Waals surface area (Å²) >= 11 is 6.45. The van der Waals surface area contributed by atoms with Crippen molar-refractivity contribution in [2.45, 2.75) is 33.6 Å². The number of aryl methyl sites for hydroxylation is 2. The van der Waals surface area contributed by atoms with E-state index >= 15 is 0 Å². The summed E-state index contributed by atoms with van der Waals surface area (Å²) in [5.74, 6) is 1.28. The summed E-state index contributed by atoms with van der Waals surface area (Å²) in [6, 6.07) is 5.62. The summed E-state index contributed by atoms with van der Waals surface area (Å²) in [6.07, 6.45) is 3.81. The van der Waals surface area contributed by atoms with Crippen LogP contribution in [-0.2, 0) is 7.05 Å². The van der Waals surface area contributed by atoms with Crippen molar-refractivity contribution in [3.8, 4) is 5.75 Å². The van der Waals surface area contributed by atoms with Crippen molar-refractivity contribution in [3.05, 3.63) is 45.5 Å². The number of benzene rings is 1. The normalized spacial score (nSPS) is 11.6. The molecule has 25 heavy (non-hydrogen) atoms. The van der Waals surface area contributed by atoms with E-state index in [9.17, 15) is 4.79 Å². The molecule has 0 aliphatic carbocycles. The molecule has 0 bridgehead atoms. The van der Waals surface area contributed by atoms with Gasteiger partial charge in [-0.25, -0.2) is 0 Å². The summed E-state index contributed by atoms with van der Waals surface area (Å²) in [6.45, 7) is 6.86. The average Bonchev–Trinajstić information content (AvgIpc) is 2.57. The lowest BCUT2D eigenvalue weighted by Gasteiger charge is -2.14. The highest BCUT2D eigenvalue weighted by molar-refractivity contribution is 6.33. The number of nitrogens with zero attached hydrogens (tertiary/aromatic N) is 2. The number of hydrogen-bond acceptors (Lipinski definition) is 3. The standard InChI is InChI=1S/C20H23ClN2O2/c1-12(2)6-5-9-25-18-11-17-15(10-16(18)21)14-7-8-22-13(3)19(14)20(24)23(17)4/h7-8,10-12H,5-6,9H2,1-4H3. The van der Waals surface area contributed by atoms with Crippen molar-refractivity contribution in [1.29, 1.82) is 0 Å². The largest absolute Gasteiger partial charge is 0.492 e. The highest BCUT2D eigenvalue weighted by Crippen LogP contribution is 2.33. The lowest BCUT2D eigenvalue weighted by atomic mass is 10.1. The van der Waals surface area contributed by atoms with E-state index in [-0.39, 0.29) is 5.56 Å². The zero-order chi connectivity index (χ0) is 18.1. The van der Waals surface area contributed by atoms with Crippen molar-refractivity contribution < 1.29 is 4.74 Å². The summed E-state index contributed by atoms with van der Waals surface area (Å²) in [5.41, 5.74) is 1.48. The Bertz CT molecular complexity index is 993. The Balaban J connectivity index is 2.10. The third-order valence-electron chi connectivity index (χ3n) is 4.54. The van der Waals surface area contributed by atoms with Crippen LogP contribution in [0, 0.1) is 12.8 Å². The van der Waals surface area contributed by atoms with Gasteiger partial charge in [0.25, 0.3) is 5.56 Å². The van der Waals surface area contributed by atoms with Gasteiger partial charge in [-0.1, -0.05) is 25.4 Å². The quantitative estimate of drug-likeness (QED) is 0.483. The molecule has 0 amide bonds. The summed E-state index contributed by atoms with van der Waals surface area (Å²) in [7, 11) is 1.77. The Labute approximate surface area is 152 Å². The molecule has 0 N–H and O–H groups in total. The highest BCUT2D eigenvalue weighted by atomic mass is 35.5. The van der Waals surface area contributed by atoms with E-state index in [4.69, 9.17) is 16.3 Å². The van der Waals surface area contributed by atoms with Crippen molar-refractivity contribution in [2.75, 3.05) is 6.61 Å². The Kier molecular flexibility index (Phi) is 5.00. The molecule has 3 rings (SSSR count). The second kappa shape index (κ2) is 7.04. The molecule has 0 atom stereocenters. The molecule has 0 saturated carbocycles. The van der Waals surface area contributed by atoms with Gasteiger partial charge in [0.1, 0.15) is 5.75 Å². The molecule has 0 unspecified atom stereocenters. The van der Waals surface area contributed by atoms with Crippen LogP contribution in [0.25, 0.3) is 21.7 Å². The first-order valence-corrected chi connectivity index (χ1v) is 8.98. The summed E-state index contributed by atoms with van der Waals surface area (Å²) in [5, 5.41) is 3.01. The Morgan fingerprint density at radius 2 is 2.04 bits per heavy atom. The van der Waals surface area contributed by atoms with E-state index in [1.807, 2.05) is 25.1 Å². The van der Waals surface area contributed by atoms with Crippen LogP contribution in [0.2, 0.25) is 5.02 Å². The molecule has 2 aromatic heterocycles. The van der Waals surface area contributed by atoms with Gasteiger partial charge in [0, 0.05) is 24.7 Å². The first-order chi connectivity index (χ1) is 11.9. The van der Waals surface area contributed by atoms with Crippen LogP contribution in [0.1, 0.15) is 32.4 Å². The summed E-state index contributed by atoms with van der Waals surface area (Å²) < 4.78 is 7.51. The minimum Gasteiger partial charge on any atom is -0.492 e. The van der Waals surface area contributed by atoms with E-state index in [0.29, 0.717) is 28.7 Å². The average molecular weight is 359 g/mol. The first kappa shape index (κ1) is 17.7. The van der Waals surface area contributed by atoms with Gasteiger partial charge in [0.2, 0.25) is 0 Å². The van der Waals surface area contributed by atoms with E-state index in [1.165, 1.54) is 0 Å². The lowest BCUT2D eigenvalue weighted by molar-refractivity contribution is 0.298. The topological polar surface area (TPSA) is 44.1 Å². The van der Waals surface area contributed by atoms with Gasteiger partial charge in [0.05, 0.1) is 28.2 Å². The molecular weight excluding hydrogens is 336 g/mol. The Morgan fingerprint density at radius 3 is 2.76 bits per heavy atom. The fourth-order valence-electron chi connectivity index (χ4n) is 3.16. The molecule has 132 valence electrons. The maximum Gasteiger partial charge on any atom is 0.260 e. The zero-order valence-corrected chi connectivity index (χ0v) is 15.9. The highest BCUT2D eigenvalue weighted by Gasteiger charge is 2.14. The minimum absolute atomic E-state index is 0.0545. The van der Waals surface area contributed by atoms with E-state index < -0.39 is 0 Å². The number of rotatable bonds is 5. The third-order valence-corrected chi connectivity index (χ3v) is 4.84. The number of halogens is 1. The van der Waals surface area contributed by atoms with Gasteiger partial charge in [-0.15, -0.1) is 0 Å². The fraction of sp³-hybridized carbons (Fsp3) is 0.400. The predicted octanol–water partition coefficient (Wildman–Crippen LogP) is 4.86. The van der Waals surface area contributed by atoms with E-state index in [1.54, 1.807) is 17.8 Å². The van der Waals surface area contributed by atoms with Crippen molar-refractivity contribution in [3.63, 3.8) is 0 Å². The molecule has 1 aromatic carbocycles. The molecular formula is C20H23ClN2O2. The van der Waals surface area contributed by atoms with Gasteiger partial charge in [-0.05, 0) is 43.2 Å². The molecule has 0 aliphatic heterocycles.